The molecule has 1 aliphatic heterocycles. The summed E-state index contributed by atoms with van der Waals surface area (Å²) < 4.78 is 0. The molecule has 2 aromatic heterocycles. The highest BCUT2D eigenvalue weighted by Gasteiger charge is 2.18. The van der Waals surface area contributed by atoms with E-state index in [1.165, 1.54) is 11.3 Å². The van der Waals surface area contributed by atoms with E-state index < -0.39 is 0 Å². The lowest BCUT2D eigenvalue weighted by atomic mass is 10.2. The molecule has 0 radical (unpaired) electrons. The lowest BCUT2D eigenvalue weighted by Crippen LogP contribution is -2.45. The molecule has 10 heteroatoms. The number of rotatable bonds is 9. The third-order valence-electron chi connectivity index (χ3n) is 6.43. The van der Waals surface area contributed by atoms with Crippen molar-refractivity contribution in [2.24, 2.45) is 0 Å². The normalized spacial score (nSPS) is 14.3. The number of likely N-dealkylation sites (N-methyl/N-ethyl adjacent to an activating group) is 1. The Hall–Kier alpha value is -3.47. The van der Waals surface area contributed by atoms with Crippen LogP contribution in [-0.2, 0) is 6.54 Å². The van der Waals surface area contributed by atoms with Crippen molar-refractivity contribution in [2.45, 2.75) is 19.9 Å². The van der Waals surface area contributed by atoms with E-state index in [-0.39, 0.29) is 11.9 Å². The Kier molecular flexibility index (Phi) is 9.10. The zero-order chi connectivity index (χ0) is 26.2. The molecule has 1 fully saturated rings. The van der Waals surface area contributed by atoms with Crippen LogP contribution in [0.5, 0.6) is 0 Å². The molecule has 1 aromatic carbocycles. The van der Waals surface area contributed by atoms with E-state index in [2.05, 4.69) is 32.5 Å². The summed E-state index contributed by atoms with van der Waals surface area (Å²) in [7, 11) is 2.15. The Morgan fingerprint density at radius 3 is 2.59 bits per heavy atom. The highest BCUT2D eigenvalue weighted by atomic mass is 32.1. The number of hydrogen-bond donors (Lipinski definition) is 3. The largest absolute Gasteiger partial charge is 0.396 e. The highest BCUT2D eigenvalue weighted by molar-refractivity contribution is 7.09. The van der Waals surface area contributed by atoms with Crippen LogP contribution in [0.3, 0.4) is 0 Å². The van der Waals surface area contributed by atoms with Gasteiger partial charge in [0.15, 0.2) is 0 Å². The van der Waals surface area contributed by atoms with E-state index in [0.717, 1.165) is 56.0 Å². The van der Waals surface area contributed by atoms with Crippen molar-refractivity contribution < 1.29 is 9.59 Å². The van der Waals surface area contributed by atoms with Gasteiger partial charge in [-0.2, -0.15) is 0 Å². The first-order valence-electron chi connectivity index (χ1n) is 12.5. The van der Waals surface area contributed by atoms with Crippen LogP contribution in [0.15, 0.2) is 53.4 Å². The average molecular weight is 522 g/mol. The van der Waals surface area contributed by atoms with Crippen LogP contribution in [0, 0.1) is 6.92 Å². The molecular formula is C27H35N7O2S. The molecule has 0 bridgehead atoms. The number of nitrogen functional groups attached to an aromatic ring is 1. The van der Waals surface area contributed by atoms with E-state index in [1.807, 2.05) is 37.3 Å². The Bertz CT molecular complexity index is 1190. The van der Waals surface area contributed by atoms with Gasteiger partial charge < -0.3 is 31.1 Å². The van der Waals surface area contributed by atoms with Crippen molar-refractivity contribution in [2.75, 3.05) is 62.7 Å². The summed E-state index contributed by atoms with van der Waals surface area (Å²) in [5.41, 5.74) is 9.97. The van der Waals surface area contributed by atoms with Crippen LogP contribution in [0.1, 0.15) is 28.0 Å². The lowest BCUT2D eigenvalue weighted by Gasteiger charge is -2.33. The summed E-state index contributed by atoms with van der Waals surface area (Å²) >= 11 is 1.42. The van der Waals surface area contributed by atoms with Crippen molar-refractivity contribution in [3.8, 4) is 0 Å². The third-order valence-corrected chi connectivity index (χ3v) is 7.19. The van der Waals surface area contributed by atoms with Crippen LogP contribution in [0.25, 0.3) is 0 Å². The first-order chi connectivity index (χ1) is 17.9. The van der Waals surface area contributed by atoms with Crippen LogP contribution in [-0.4, -0.2) is 77.9 Å². The summed E-state index contributed by atoms with van der Waals surface area (Å²) in [6.45, 7) is 8.21. The van der Waals surface area contributed by atoms with Crippen LogP contribution < -0.4 is 16.4 Å². The third kappa shape index (κ3) is 7.75. The van der Waals surface area contributed by atoms with Gasteiger partial charge in [-0.3, -0.25) is 9.78 Å². The topological polar surface area (TPSA) is 107 Å². The minimum atomic E-state index is -0.321. The number of aromatic nitrogens is 1. The van der Waals surface area contributed by atoms with Gasteiger partial charge in [0.2, 0.25) is 0 Å². The molecule has 4 N–H and O–H groups in total. The first-order valence-corrected chi connectivity index (χ1v) is 13.4. The molecule has 1 aliphatic rings. The number of nitrogens with one attached hydrogen (secondary N) is 2. The number of urea groups is 1. The Morgan fingerprint density at radius 1 is 1.11 bits per heavy atom. The second-order valence-corrected chi connectivity index (χ2v) is 10.2. The fraction of sp³-hybridized carbons (Fsp3) is 0.370. The SMILES string of the molecule is Cc1cccc(NC(=O)N(CCCN2CCN(C)CC2)Cc2ccc(C(=O)Nc3cscc3N)nc2)c1. The zero-order valence-electron chi connectivity index (χ0n) is 21.4. The van der Waals surface area contributed by atoms with Crippen molar-refractivity contribution >= 4 is 40.3 Å². The van der Waals surface area contributed by atoms with Gasteiger partial charge in [-0.1, -0.05) is 18.2 Å². The molecule has 1 saturated heterocycles. The molecule has 0 aliphatic carbocycles. The van der Waals surface area contributed by atoms with Gasteiger partial charge in [0.25, 0.3) is 5.91 Å². The van der Waals surface area contributed by atoms with Crippen molar-refractivity contribution in [1.29, 1.82) is 0 Å². The monoisotopic (exact) mass is 521 g/mol. The molecule has 9 nitrogen and oxygen atoms in total. The van der Waals surface area contributed by atoms with Gasteiger partial charge in [-0.15, -0.1) is 11.3 Å². The average Bonchev–Trinajstić information content (AvgIpc) is 3.29. The molecule has 4 rings (SSSR count). The van der Waals surface area contributed by atoms with Gasteiger partial charge in [0.05, 0.1) is 11.4 Å². The quantitative estimate of drug-likeness (QED) is 0.394. The molecule has 0 unspecified atom stereocenters. The molecule has 37 heavy (non-hydrogen) atoms. The fourth-order valence-corrected chi connectivity index (χ4v) is 4.87. The number of anilines is 3. The second kappa shape index (κ2) is 12.7. The molecular weight excluding hydrogens is 486 g/mol. The van der Waals surface area contributed by atoms with Gasteiger partial charge in [-0.25, -0.2) is 4.79 Å². The Balaban J connectivity index is 1.39. The van der Waals surface area contributed by atoms with Gasteiger partial charge in [-0.05, 0) is 56.3 Å². The number of carbonyl (C=O) groups excluding carboxylic acids is 2. The Morgan fingerprint density at radius 2 is 1.92 bits per heavy atom. The van der Waals surface area contributed by atoms with Crippen molar-refractivity contribution in [3.63, 3.8) is 0 Å². The number of benzene rings is 1. The minimum absolute atomic E-state index is 0.154. The van der Waals surface area contributed by atoms with Crippen molar-refractivity contribution in [3.05, 3.63) is 70.2 Å². The molecule has 3 heterocycles. The minimum Gasteiger partial charge on any atom is -0.396 e. The van der Waals surface area contributed by atoms with E-state index in [4.69, 9.17) is 5.73 Å². The number of nitrogens with two attached hydrogens (primary N) is 1. The molecule has 0 spiro atoms. The maximum absolute atomic E-state index is 13.2. The highest BCUT2D eigenvalue weighted by Crippen LogP contribution is 2.23. The number of aryl methyl sites for hydroxylation is 1. The maximum Gasteiger partial charge on any atom is 0.322 e. The number of pyridine rings is 1. The first kappa shape index (κ1) is 26.6. The number of nitrogens with zero attached hydrogens (tertiary/aromatic N) is 4. The summed E-state index contributed by atoms with van der Waals surface area (Å²) in [6.07, 6.45) is 2.53. The molecule has 196 valence electrons. The van der Waals surface area contributed by atoms with E-state index in [0.29, 0.717) is 30.2 Å². The molecule has 3 aromatic rings. The standard InChI is InChI=1S/C27H35N7O2S/c1-20-5-3-6-22(15-20)30-27(36)34(10-4-9-33-13-11-32(2)12-14-33)17-21-7-8-24(29-16-21)26(35)31-25-19-37-18-23(25)28/h3,5-8,15-16,18-19H,4,9-14,17,28H2,1-2H3,(H,30,36)(H,31,35). The van der Waals surface area contributed by atoms with Crippen LogP contribution in [0.2, 0.25) is 0 Å². The lowest BCUT2D eigenvalue weighted by molar-refractivity contribution is 0.102. The molecule has 0 saturated carbocycles. The van der Waals surface area contributed by atoms with E-state index in [9.17, 15) is 9.59 Å². The predicted molar refractivity (Wildman–Crippen MR) is 150 cm³/mol. The zero-order valence-corrected chi connectivity index (χ0v) is 22.3. The number of amides is 3. The molecule has 3 amide bonds. The number of hydrogen-bond acceptors (Lipinski definition) is 7. The number of thiophene rings is 1. The van der Waals surface area contributed by atoms with E-state index in [1.54, 1.807) is 27.9 Å². The summed E-state index contributed by atoms with van der Waals surface area (Å²) in [4.78, 5) is 36.7. The van der Waals surface area contributed by atoms with Gasteiger partial charge in [0.1, 0.15) is 5.69 Å². The van der Waals surface area contributed by atoms with Crippen LogP contribution >= 0.6 is 11.3 Å². The van der Waals surface area contributed by atoms with Crippen molar-refractivity contribution in [1.82, 2.24) is 19.7 Å². The fourth-order valence-electron chi connectivity index (χ4n) is 4.20. The second-order valence-electron chi connectivity index (χ2n) is 9.47. The predicted octanol–water partition coefficient (Wildman–Crippen LogP) is 3.96. The maximum atomic E-state index is 13.2. The summed E-state index contributed by atoms with van der Waals surface area (Å²) in [6, 6.07) is 11.1. The number of carbonyl (C=O) groups is 2. The smallest absolute Gasteiger partial charge is 0.322 e. The van der Waals surface area contributed by atoms with Gasteiger partial charge >= 0.3 is 6.03 Å². The number of piperazine rings is 1. The van der Waals surface area contributed by atoms with Crippen LogP contribution in [0.4, 0.5) is 21.9 Å². The summed E-state index contributed by atoms with van der Waals surface area (Å²) in [5, 5.41) is 9.36. The van der Waals surface area contributed by atoms with Gasteiger partial charge in [0, 0.05) is 61.9 Å². The molecule has 0 atom stereocenters. The Labute approximate surface area is 222 Å². The van der Waals surface area contributed by atoms with E-state index >= 15 is 0 Å². The summed E-state index contributed by atoms with van der Waals surface area (Å²) in [5.74, 6) is -0.321.